The van der Waals surface area contributed by atoms with Crippen LogP contribution >= 0.6 is 7.94 Å². The highest BCUT2D eigenvalue weighted by molar-refractivity contribution is 7.58. The molecule has 0 saturated carbocycles. The van der Waals surface area contributed by atoms with Crippen LogP contribution in [-0.4, -0.2) is 76.6 Å². The minimum absolute atomic E-state index is 0.000858. The van der Waals surface area contributed by atoms with Crippen molar-refractivity contribution in [3.8, 4) is 11.8 Å². The molecule has 40 heavy (non-hydrogen) atoms. The Bertz CT molecular complexity index is 1150. The van der Waals surface area contributed by atoms with Gasteiger partial charge in [0.2, 0.25) is 5.91 Å². The highest BCUT2D eigenvalue weighted by atomic mass is 31.2. The Morgan fingerprint density at radius 2 is 1.88 bits per heavy atom. The van der Waals surface area contributed by atoms with E-state index in [9.17, 15) is 24.2 Å². The summed E-state index contributed by atoms with van der Waals surface area (Å²) in [7, 11) is -2.22. The molecule has 3 rings (SSSR count). The fraction of sp³-hybridized carbons (Fsp3) is 0.741. The third kappa shape index (κ3) is 8.95. The Morgan fingerprint density at radius 1 is 1.20 bits per heavy atom. The van der Waals surface area contributed by atoms with E-state index in [0.717, 1.165) is 30.5 Å². The van der Waals surface area contributed by atoms with Crippen LogP contribution in [0.25, 0.3) is 0 Å². The van der Waals surface area contributed by atoms with E-state index in [1.165, 1.54) is 51.8 Å². The lowest BCUT2D eigenvalue weighted by molar-refractivity contribution is -0.190. The number of rotatable bonds is 16. The Hall–Kier alpha value is -2.10. The number of unbranched alkanes of at least 4 members (excludes halogenated alkanes) is 8. The molecule has 2 saturated heterocycles. The van der Waals surface area contributed by atoms with Crippen molar-refractivity contribution in [3.63, 3.8) is 0 Å². The summed E-state index contributed by atoms with van der Waals surface area (Å²) in [6.07, 6.45) is 9.46. The first-order chi connectivity index (χ1) is 19.1. The maximum Gasteiger partial charge on any atom is 0.403 e. The number of nitrogens with one attached hydrogen (secondary N) is 2. The smallest absolute Gasteiger partial charge is 0.381 e. The number of amides is 1. The van der Waals surface area contributed by atoms with Gasteiger partial charge in [-0.3, -0.25) is 19.1 Å². The van der Waals surface area contributed by atoms with Gasteiger partial charge in [-0.15, -0.1) is 0 Å². The monoisotopic (exact) mass is 584 g/mol. The molecule has 224 valence electrons. The van der Waals surface area contributed by atoms with Crippen molar-refractivity contribution in [2.75, 3.05) is 33.5 Å². The van der Waals surface area contributed by atoms with Crippen LogP contribution in [0.1, 0.15) is 82.9 Å². The molecular weight excluding hydrogens is 541 g/mol. The van der Waals surface area contributed by atoms with E-state index in [-0.39, 0.29) is 31.2 Å². The first-order valence-corrected chi connectivity index (χ1v) is 16.1. The van der Waals surface area contributed by atoms with Crippen molar-refractivity contribution in [2.45, 2.75) is 95.2 Å². The zero-order valence-corrected chi connectivity index (χ0v) is 24.5. The van der Waals surface area contributed by atoms with Gasteiger partial charge in [-0.1, -0.05) is 70.1 Å². The molecule has 4 atom stereocenters. The molecule has 1 amide bonds. The Labute approximate surface area is 235 Å². The molecule has 12 nitrogen and oxygen atoms in total. The molecule has 0 aromatic carbocycles. The lowest BCUT2D eigenvalue weighted by Gasteiger charge is -2.30. The van der Waals surface area contributed by atoms with E-state index in [1.807, 2.05) is 0 Å². The molecule has 1 unspecified atom stereocenters. The van der Waals surface area contributed by atoms with Crippen LogP contribution in [0.4, 0.5) is 0 Å². The first kappa shape index (κ1) is 32.4. The molecule has 2 aliphatic rings. The highest BCUT2D eigenvalue weighted by Gasteiger charge is 2.66. The second-order valence-corrected chi connectivity index (χ2v) is 12.4. The number of H-pyrrole nitrogens is 1. The fourth-order valence-corrected chi connectivity index (χ4v) is 5.81. The predicted molar refractivity (Wildman–Crippen MR) is 150 cm³/mol. The van der Waals surface area contributed by atoms with E-state index in [1.54, 1.807) is 0 Å². The average Bonchev–Trinajstić information content (AvgIpc) is 3.36. The second kappa shape index (κ2) is 15.2. The summed E-state index contributed by atoms with van der Waals surface area (Å²) < 4.78 is 23.8. The van der Waals surface area contributed by atoms with E-state index >= 15 is 0 Å². The zero-order valence-electron chi connectivity index (χ0n) is 23.6. The van der Waals surface area contributed by atoms with Crippen molar-refractivity contribution in [1.29, 1.82) is 0 Å². The molecule has 0 spiro atoms. The van der Waals surface area contributed by atoms with Gasteiger partial charge in [-0.2, -0.15) is 14.3 Å². The molecule has 4 N–H and O–H groups in total. The average molecular weight is 585 g/mol. The summed E-state index contributed by atoms with van der Waals surface area (Å²) in [6, 6.07) is 0. The summed E-state index contributed by atoms with van der Waals surface area (Å²) in [4.78, 5) is 59.2. The van der Waals surface area contributed by atoms with E-state index in [0.29, 0.717) is 6.42 Å². The Kier molecular flexibility index (Phi) is 12.3. The normalized spacial score (nSPS) is 23.7. The number of carbonyl (C=O) groups is 1. The molecule has 2 fully saturated rings. The van der Waals surface area contributed by atoms with Gasteiger partial charge < -0.3 is 19.5 Å². The van der Waals surface area contributed by atoms with Crippen LogP contribution in [0.2, 0.25) is 0 Å². The molecule has 3 heterocycles. The standard InChI is InChI=1S/C27H42N3O9P/c1-4-5-6-7-8-9-10-11-12-15-21(31)28-16-13-14-20-17-30(26(33)29-24(20)32)25-22-23(39-40(3,34)35)27(38-25,18-36-2)19-37-22/h17,22-23,25,34-35H,4-12,15-16,18-19H2,1-3H3,(H-,28,29,31,32,33)/p+1/t22?,23-,25+,27+/m0/s1. The number of hydrogen-bond acceptors (Lipinski definition) is 9. The largest absolute Gasteiger partial charge is 0.403 e. The SMILES string of the molecule is CCCCCCCCCCCC(=O)NCC#Cc1cn([C@@H]2O[C@]3(COC)COC2[C@@H]3O[P+](C)(O)O)c(=O)[nH]c1=O. The number of hydrogen-bond donors (Lipinski definition) is 4. The Balaban J connectivity index is 1.54. The minimum Gasteiger partial charge on any atom is -0.381 e. The molecule has 1 aromatic heterocycles. The fourth-order valence-electron chi connectivity index (χ4n) is 5.07. The molecule has 2 aliphatic heterocycles. The van der Waals surface area contributed by atoms with Crippen molar-refractivity contribution < 1.29 is 33.3 Å². The van der Waals surface area contributed by atoms with Crippen molar-refractivity contribution in [1.82, 2.24) is 14.9 Å². The number of ether oxygens (including phenoxy) is 3. The topological polar surface area (TPSA) is 161 Å². The van der Waals surface area contributed by atoms with Gasteiger partial charge in [-0.05, 0) is 6.42 Å². The number of nitrogens with zero attached hydrogens (tertiary/aromatic N) is 1. The number of methoxy groups -OCH3 is 1. The third-order valence-corrected chi connectivity index (χ3v) is 7.65. The van der Waals surface area contributed by atoms with Crippen molar-refractivity contribution in [2.24, 2.45) is 0 Å². The molecule has 0 aliphatic carbocycles. The first-order valence-electron chi connectivity index (χ1n) is 14.0. The van der Waals surface area contributed by atoms with Crippen LogP contribution in [0, 0.1) is 11.8 Å². The number of carbonyl (C=O) groups excluding carboxylic acids is 1. The summed E-state index contributed by atoms with van der Waals surface area (Å²) >= 11 is 0. The number of fused-ring (bicyclic) bond motifs is 2. The van der Waals surface area contributed by atoms with Crippen molar-refractivity contribution >= 4 is 13.9 Å². The second-order valence-electron chi connectivity index (χ2n) is 10.5. The summed E-state index contributed by atoms with van der Waals surface area (Å²) in [6.45, 7) is 3.52. The minimum atomic E-state index is -3.68. The summed E-state index contributed by atoms with van der Waals surface area (Å²) in [5, 5.41) is 2.73. The van der Waals surface area contributed by atoms with E-state index in [4.69, 9.17) is 18.7 Å². The van der Waals surface area contributed by atoms with Crippen LogP contribution in [0.3, 0.4) is 0 Å². The predicted octanol–water partition coefficient (Wildman–Crippen LogP) is 2.00. The number of aromatic nitrogens is 2. The quantitative estimate of drug-likeness (QED) is 0.129. The molecule has 13 heteroatoms. The molecule has 2 bridgehead atoms. The van der Waals surface area contributed by atoms with Gasteiger partial charge in [0.15, 0.2) is 17.9 Å². The molecular formula is C27H43N3O9P+. The Morgan fingerprint density at radius 3 is 2.52 bits per heavy atom. The van der Waals surface area contributed by atoms with Crippen LogP contribution in [0.5, 0.6) is 0 Å². The van der Waals surface area contributed by atoms with Crippen LogP contribution in [-0.2, 0) is 23.5 Å². The third-order valence-electron chi connectivity index (χ3n) is 7.02. The maximum atomic E-state index is 12.7. The van der Waals surface area contributed by atoms with Gasteiger partial charge in [-0.25, -0.2) is 4.79 Å². The molecule has 1 aromatic rings. The van der Waals surface area contributed by atoms with E-state index < -0.39 is 43.2 Å². The maximum absolute atomic E-state index is 12.7. The van der Waals surface area contributed by atoms with Gasteiger partial charge in [0, 0.05) is 19.7 Å². The van der Waals surface area contributed by atoms with Gasteiger partial charge >= 0.3 is 13.6 Å². The highest BCUT2D eigenvalue weighted by Crippen LogP contribution is 2.56. The van der Waals surface area contributed by atoms with Gasteiger partial charge in [0.25, 0.3) is 5.56 Å². The number of aromatic amines is 1. The summed E-state index contributed by atoms with van der Waals surface area (Å²) in [5.41, 5.74) is -2.60. The van der Waals surface area contributed by atoms with Crippen LogP contribution in [0.15, 0.2) is 15.8 Å². The lowest BCUT2D eigenvalue weighted by atomic mass is 10.0. The lowest BCUT2D eigenvalue weighted by Crippen LogP contribution is -2.46. The van der Waals surface area contributed by atoms with Gasteiger partial charge in [0.1, 0.15) is 18.3 Å². The van der Waals surface area contributed by atoms with Crippen LogP contribution < -0.4 is 16.6 Å². The zero-order chi connectivity index (χ0) is 29.2. The van der Waals surface area contributed by atoms with Gasteiger partial charge in [0.05, 0.1) is 19.8 Å². The molecule has 0 radical (unpaired) electrons. The van der Waals surface area contributed by atoms with E-state index in [2.05, 4.69) is 29.1 Å². The van der Waals surface area contributed by atoms with Crippen molar-refractivity contribution in [3.05, 3.63) is 32.6 Å². The summed E-state index contributed by atoms with van der Waals surface area (Å²) in [5.74, 6) is 5.35.